The molecule has 0 saturated carbocycles. The topological polar surface area (TPSA) is 43.1 Å². The smallest absolute Gasteiger partial charge is 0.211 e. The van der Waals surface area contributed by atoms with Crippen LogP contribution in [0.4, 0.5) is 4.39 Å². The van der Waals surface area contributed by atoms with Crippen molar-refractivity contribution in [1.82, 2.24) is 19.6 Å². The van der Waals surface area contributed by atoms with Gasteiger partial charge in [0.25, 0.3) is 5.78 Å². The Bertz CT molecular complexity index is 695. The van der Waals surface area contributed by atoms with Gasteiger partial charge >= 0.3 is 0 Å². The molecule has 0 spiro atoms. The van der Waals surface area contributed by atoms with Crippen LogP contribution in [0.15, 0.2) is 36.7 Å². The Morgan fingerprint density at radius 1 is 1.24 bits per heavy atom. The predicted molar refractivity (Wildman–Crippen MR) is 61.2 cm³/mol. The third kappa shape index (κ3) is 1.64. The van der Waals surface area contributed by atoms with E-state index in [-0.39, 0.29) is 5.82 Å². The minimum absolute atomic E-state index is 0.339. The van der Waals surface area contributed by atoms with Gasteiger partial charge in [-0.3, -0.25) is 0 Å². The van der Waals surface area contributed by atoms with Gasteiger partial charge in [0.05, 0.1) is 5.69 Å². The van der Waals surface area contributed by atoms with Gasteiger partial charge in [0.1, 0.15) is 17.3 Å². The van der Waals surface area contributed by atoms with Crippen molar-refractivity contribution < 1.29 is 4.39 Å². The average molecular weight is 249 g/mol. The molecule has 2 heterocycles. The Balaban J connectivity index is 2.28. The molecule has 84 valence electrons. The summed E-state index contributed by atoms with van der Waals surface area (Å²) in [5.74, 6) is -0.00400. The SMILES string of the molecule is Fc1ccccc1-c1cc(Cl)n2ncnc2n1. The summed E-state index contributed by atoms with van der Waals surface area (Å²) in [4.78, 5) is 8.12. The maximum Gasteiger partial charge on any atom is 0.254 e. The summed E-state index contributed by atoms with van der Waals surface area (Å²) in [6.07, 6.45) is 1.35. The van der Waals surface area contributed by atoms with Crippen molar-refractivity contribution in [2.24, 2.45) is 0 Å². The molecule has 0 radical (unpaired) electrons. The highest BCUT2D eigenvalue weighted by Crippen LogP contribution is 2.23. The standard InChI is InChI=1S/C11H6ClFN4/c12-10-5-9(7-3-1-2-4-8(7)13)16-11-14-6-15-17(10)11/h1-6H. The van der Waals surface area contributed by atoms with Gasteiger partial charge in [0, 0.05) is 11.6 Å². The summed E-state index contributed by atoms with van der Waals surface area (Å²) in [7, 11) is 0. The fourth-order valence-corrected chi connectivity index (χ4v) is 1.81. The van der Waals surface area contributed by atoms with Gasteiger partial charge in [-0.05, 0) is 12.1 Å². The van der Waals surface area contributed by atoms with E-state index in [0.29, 0.717) is 22.2 Å². The quantitative estimate of drug-likeness (QED) is 0.622. The lowest BCUT2D eigenvalue weighted by molar-refractivity contribution is 0.630. The minimum atomic E-state index is -0.347. The summed E-state index contributed by atoms with van der Waals surface area (Å²) >= 11 is 6.00. The lowest BCUT2D eigenvalue weighted by Gasteiger charge is -2.03. The molecule has 3 aromatic rings. The Morgan fingerprint density at radius 3 is 2.88 bits per heavy atom. The number of benzene rings is 1. The van der Waals surface area contributed by atoms with E-state index in [1.165, 1.54) is 16.9 Å². The number of nitrogens with zero attached hydrogens (tertiary/aromatic N) is 4. The van der Waals surface area contributed by atoms with Crippen LogP contribution in [0.5, 0.6) is 0 Å². The fourth-order valence-electron chi connectivity index (χ4n) is 1.58. The zero-order valence-electron chi connectivity index (χ0n) is 8.51. The first kappa shape index (κ1) is 10.2. The molecule has 0 atom stereocenters. The van der Waals surface area contributed by atoms with Crippen LogP contribution in [0.25, 0.3) is 17.0 Å². The number of aromatic nitrogens is 4. The molecule has 0 bridgehead atoms. The molecule has 0 fully saturated rings. The van der Waals surface area contributed by atoms with Crippen molar-refractivity contribution in [1.29, 1.82) is 0 Å². The third-order valence-corrected chi connectivity index (χ3v) is 2.63. The summed E-state index contributed by atoms with van der Waals surface area (Å²) in [5.41, 5.74) is 0.827. The molecule has 0 unspecified atom stereocenters. The van der Waals surface area contributed by atoms with E-state index in [0.717, 1.165) is 0 Å². The van der Waals surface area contributed by atoms with Crippen molar-refractivity contribution in [3.05, 3.63) is 47.6 Å². The second-order valence-electron chi connectivity index (χ2n) is 3.42. The van der Waals surface area contributed by atoms with Gasteiger partial charge in [-0.25, -0.2) is 9.37 Å². The van der Waals surface area contributed by atoms with E-state index < -0.39 is 0 Å². The Labute approximate surface area is 101 Å². The van der Waals surface area contributed by atoms with Crippen LogP contribution >= 0.6 is 11.6 Å². The fraction of sp³-hybridized carbons (Fsp3) is 0. The van der Waals surface area contributed by atoms with Gasteiger partial charge < -0.3 is 0 Å². The largest absolute Gasteiger partial charge is 0.254 e. The number of halogens is 2. The molecule has 2 aromatic heterocycles. The zero-order valence-corrected chi connectivity index (χ0v) is 9.26. The molecule has 6 heteroatoms. The summed E-state index contributed by atoms with van der Waals surface area (Å²) in [6.45, 7) is 0. The molecule has 0 N–H and O–H groups in total. The van der Waals surface area contributed by atoms with E-state index in [1.54, 1.807) is 24.3 Å². The maximum atomic E-state index is 13.6. The molecule has 0 aliphatic carbocycles. The highest BCUT2D eigenvalue weighted by Gasteiger charge is 2.10. The van der Waals surface area contributed by atoms with Crippen LogP contribution in [0.1, 0.15) is 0 Å². The van der Waals surface area contributed by atoms with Crippen LogP contribution in [0.2, 0.25) is 5.15 Å². The molecule has 0 amide bonds. The zero-order chi connectivity index (χ0) is 11.8. The summed E-state index contributed by atoms with van der Waals surface area (Å²) in [5, 5.41) is 4.23. The molecule has 0 saturated heterocycles. The number of rotatable bonds is 1. The van der Waals surface area contributed by atoms with Crippen LogP contribution in [0.3, 0.4) is 0 Å². The van der Waals surface area contributed by atoms with Gasteiger partial charge in [0.2, 0.25) is 0 Å². The summed E-state index contributed by atoms with van der Waals surface area (Å²) < 4.78 is 15.0. The highest BCUT2D eigenvalue weighted by molar-refractivity contribution is 6.29. The van der Waals surface area contributed by atoms with Crippen molar-refractivity contribution in [2.75, 3.05) is 0 Å². The van der Waals surface area contributed by atoms with Crippen molar-refractivity contribution in [3.63, 3.8) is 0 Å². The highest BCUT2D eigenvalue weighted by atomic mass is 35.5. The van der Waals surface area contributed by atoms with Crippen molar-refractivity contribution >= 4 is 17.4 Å². The lowest BCUT2D eigenvalue weighted by atomic mass is 10.1. The molecule has 3 rings (SSSR count). The molecule has 0 aliphatic rings. The Hall–Kier alpha value is -2.01. The van der Waals surface area contributed by atoms with E-state index in [1.807, 2.05) is 0 Å². The second-order valence-corrected chi connectivity index (χ2v) is 3.80. The predicted octanol–water partition coefficient (Wildman–Crippen LogP) is 2.58. The van der Waals surface area contributed by atoms with Crippen LogP contribution in [0, 0.1) is 5.82 Å². The van der Waals surface area contributed by atoms with E-state index in [4.69, 9.17) is 11.6 Å². The van der Waals surface area contributed by atoms with Crippen LogP contribution in [-0.2, 0) is 0 Å². The second kappa shape index (κ2) is 3.78. The lowest BCUT2D eigenvalue weighted by Crippen LogP contribution is -1.96. The Morgan fingerprint density at radius 2 is 2.06 bits per heavy atom. The normalized spacial score (nSPS) is 10.9. The van der Waals surface area contributed by atoms with Crippen molar-refractivity contribution in [3.8, 4) is 11.3 Å². The third-order valence-electron chi connectivity index (χ3n) is 2.36. The molecular formula is C11H6ClFN4. The van der Waals surface area contributed by atoms with E-state index in [9.17, 15) is 4.39 Å². The molecule has 17 heavy (non-hydrogen) atoms. The monoisotopic (exact) mass is 248 g/mol. The number of hydrogen-bond donors (Lipinski definition) is 0. The molecular weight excluding hydrogens is 243 g/mol. The molecule has 4 nitrogen and oxygen atoms in total. The first-order chi connectivity index (χ1) is 8.25. The van der Waals surface area contributed by atoms with Gasteiger partial charge in [-0.1, -0.05) is 23.7 Å². The van der Waals surface area contributed by atoms with Crippen LogP contribution < -0.4 is 0 Å². The van der Waals surface area contributed by atoms with Crippen molar-refractivity contribution in [2.45, 2.75) is 0 Å². The maximum absolute atomic E-state index is 13.6. The van der Waals surface area contributed by atoms with Gasteiger partial charge in [-0.2, -0.15) is 14.6 Å². The van der Waals surface area contributed by atoms with Gasteiger partial charge in [-0.15, -0.1) is 0 Å². The molecule has 1 aromatic carbocycles. The van der Waals surface area contributed by atoms with Gasteiger partial charge in [0.15, 0.2) is 0 Å². The summed E-state index contributed by atoms with van der Waals surface area (Å²) in [6, 6.07) is 7.93. The average Bonchev–Trinajstić information content (AvgIpc) is 2.78. The first-order valence-corrected chi connectivity index (χ1v) is 5.25. The number of fused-ring (bicyclic) bond motifs is 1. The Kier molecular flexibility index (Phi) is 2.26. The number of hydrogen-bond acceptors (Lipinski definition) is 3. The minimum Gasteiger partial charge on any atom is -0.211 e. The van der Waals surface area contributed by atoms with E-state index in [2.05, 4.69) is 15.1 Å². The van der Waals surface area contributed by atoms with E-state index >= 15 is 0 Å². The molecule has 0 aliphatic heterocycles. The van der Waals surface area contributed by atoms with Crippen LogP contribution in [-0.4, -0.2) is 19.6 Å². The first-order valence-electron chi connectivity index (χ1n) is 4.87.